The van der Waals surface area contributed by atoms with E-state index in [0.717, 1.165) is 16.8 Å². The van der Waals surface area contributed by atoms with E-state index in [1.807, 2.05) is 19.1 Å². The zero-order valence-corrected chi connectivity index (χ0v) is 10.5. The smallest absolute Gasteiger partial charge is 0.178 e. The van der Waals surface area contributed by atoms with E-state index in [2.05, 4.69) is 20.1 Å². The first-order valence-electron chi connectivity index (χ1n) is 5.48. The molecule has 0 saturated heterocycles. The van der Waals surface area contributed by atoms with Crippen molar-refractivity contribution in [2.75, 3.05) is 0 Å². The van der Waals surface area contributed by atoms with Gasteiger partial charge in [-0.15, -0.1) is 0 Å². The standard InChI is InChI=1S/C12H10ClN5/c1-8-11-12(16-10(13)6-15-11)18(17-8)7-9-3-2-4-14-5-9/h2-6H,7H2,1H3. The summed E-state index contributed by atoms with van der Waals surface area (Å²) in [5.74, 6) is 0. The van der Waals surface area contributed by atoms with Crippen LogP contribution < -0.4 is 0 Å². The Morgan fingerprint density at radius 2 is 2.22 bits per heavy atom. The molecule has 0 bridgehead atoms. The summed E-state index contributed by atoms with van der Waals surface area (Å²) in [5, 5.41) is 4.80. The van der Waals surface area contributed by atoms with Crippen molar-refractivity contribution >= 4 is 22.8 Å². The highest BCUT2D eigenvalue weighted by molar-refractivity contribution is 6.29. The molecule has 0 aromatic carbocycles. The van der Waals surface area contributed by atoms with E-state index >= 15 is 0 Å². The molecule has 18 heavy (non-hydrogen) atoms. The summed E-state index contributed by atoms with van der Waals surface area (Å²) >= 11 is 5.88. The number of aromatic nitrogens is 5. The largest absolute Gasteiger partial charge is 0.264 e. The molecule has 3 aromatic rings. The molecule has 90 valence electrons. The Morgan fingerprint density at radius 3 is 3.00 bits per heavy atom. The van der Waals surface area contributed by atoms with E-state index in [4.69, 9.17) is 11.6 Å². The number of halogens is 1. The highest BCUT2D eigenvalue weighted by atomic mass is 35.5. The van der Waals surface area contributed by atoms with Gasteiger partial charge in [0, 0.05) is 12.4 Å². The van der Waals surface area contributed by atoms with Gasteiger partial charge in [0.25, 0.3) is 0 Å². The Labute approximate surface area is 108 Å². The first-order chi connectivity index (χ1) is 8.74. The summed E-state index contributed by atoms with van der Waals surface area (Å²) in [7, 11) is 0. The van der Waals surface area contributed by atoms with E-state index in [1.165, 1.54) is 6.20 Å². The zero-order chi connectivity index (χ0) is 12.5. The minimum Gasteiger partial charge on any atom is -0.264 e. The molecule has 6 heteroatoms. The molecule has 0 atom stereocenters. The highest BCUT2D eigenvalue weighted by Crippen LogP contribution is 2.16. The molecule has 0 fully saturated rings. The van der Waals surface area contributed by atoms with Crippen LogP contribution in [0.2, 0.25) is 5.15 Å². The van der Waals surface area contributed by atoms with E-state index in [0.29, 0.717) is 17.3 Å². The van der Waals surface area contributed by atoms with Gasteiger partial charge in [0.2, 0.25) is 0 Å². The van der Waals surface area contributed by atoms with Crippen LogP contribution in [0, 0.1) is 6.92 Å². The number of hydrogen-bond donors (Lipinski definition) is 0. The van der Waals surface area contributed by atoms with E-state index in [-0.39, 0.29) is 0 Å². The maximum Gasteiger partial charge on any atom is 0.178 e. The molecule has 5 nitrogen and oxygen atoms in total. The molecule has 0 radical (unpaired) electrons. The number of hydrogen-bond acceptors (Lipinski definition) is 4. The predicted molar refractivity (Wildman–Crippen MR) is 68.4 cm³/mol. The van der Waals surface area contributed by atoms with Crippen LogP contribution in [-0.4, -0.2) is 24.7 Å². The molecule has 0 unspecified atom stereocenters. The Balaban J connectivity index is 2.09. The van der Waals surface area contributed by atoms with Gasteiger partial charge < -0.3 is 0 Å². The van der Waals surface area contributed by atoms with Crippen molar-refractivity contribution in [2.24, 2.45) is 0 Å². The molecule has 0 saturated carbocycles. The van der Waals surface area contributed by atoms with E-state index in [1.54, 1.807) is 17.1 Å². The molecule has 0 spiro atoms. The van der Waals surface area contributed by atoms with Crippen LogP contribution in [0.15, 0.2) is 30.7 Å². The third-order valence-electron chi connectivity index (χ3n) is 2.64. The van der Waals surface area contributed by atoms with Crippen molar-refractivity contribution in [1.29, 1.82) is 0 Å². The van der Waals surface area contributed by atoms with Gasteiger partial charge in [-0.25, -0.2) is 14.6 Å². The lowest BCUT2D eigenvalue weighted by atomic mass is 10.3. The van der Waals surface area contributed by atoms with Gasteiger partial charge in [-0.3, -0.25) is 4.98 Å². The second kappa shape index (κ2) is 4.34. The second-order valence-electron chi connectivity index (χ2n) is 3.97. The summed E-state index contributed by atoms with van der Waals surface area (Å²) in [4.78, 5) is 12.6. The monoisotopic (exact) mass is 259 g/mol. The van der Waals surface area contributed by atoms with Crippen LogP contribution in [0.1, 0.15) is 11.3 Å². The highest BCUT2D eigenvalue weighted by Gasteiger charge is 2.10. The summed E-state index contributed by atoms with van der Waals surface area (Å²) in [6.07, 6.45) is 5.08. The fourth-order valence-corrected chi connectivity index (χ4v) is 1.97. The summed E-state index contributed by atoms with van der Waals surface area (Å²) in [6, 6.07) is 3.89. The molecule has 0 aliphatic carbocycles. The number of nitrogens with zero attached hydrogens (tertiary/aromatic N) is 5. The number of aryl methyl sites for hydroxylation is 1. The van der Waals surface area contributed by atoms with Crippen molar-refractivity contribution in [1.82, 2.24) is 24.7 Å². The van der Waals surface area contributed by atoms with Gasteiger partial charge in [0.15, 0.2) is 5.65 Å². The maximum absolute atomic E-state index is 5.88. The minimum atomic E-state index is 0.370. The fraction of sp³-hybridized carbons (Fsp3) is 0.167. The lowest BCUT2D eigenvalue weighted by molar-refractivity contribution is 0.694. The van der Waals surface area contributed by atoms with Crippen molar-refractivity contribution in [3.05, 3.63) is 47.1 Å². The van der Waals surface area contributed by atoms with Gasteiger partial charge in [0.1, 0.15) is 10.7 Å². The molecule has 0 aliphatic heterocycles. The Kier molecular flexibility index (Phi) is 2.68. The average molecular weight is 260 g/mol. The van der Waals surface area contributed by atoms with Crippen LogP contribution in [0.4, 0.5) is 0 Å². The van der Waals surface area contributed by atoms with Gasteiger partial charge in [-0.2, -0.15) is 5.10 Å². The number of rotatable bonds is 2. The van der Waals surface area contributed by atoms with Crippen LogP contribution in [0.3, 0.4) is 0 Å². The minimum absolute atomic E-state index is 0.370. The maximum atomic E-state index is 5.88. The van der Waals surface area contributed by atoms with Gasteiger partial charge in [-0.1, -0.05) is 17.7 Å². The SMILES string of the molecule is Cc1nn(Cc2cccnc2)c2nc(Cl)cnc12. The second-order valence-corrected chi connectivity index (χ2v) is 4.36. The molecule has 3 heterocycles. The lowest BCUT2D eigenvalue weighted by Gasteiger charge is -2.02. The number of pyridine rings is 1. The predicted octanol–water partition coefficient (Wildman–Crippen LogP) is 2.23. The van der Waals surface area contributed by atoms with E-state index < -0.39 is 0 Å². The summed E-state index contributed by atoms with van der Waals surface area (Å²) in [6.45, 7) is 2.51. The third-order valence-corrected chi connectivity index (χ3v) is 2.82. The van der Waals surface area contributed by atoms with Crippen LogP contribution in [0.25, 0.3) is 11.2 Å². The fourth-order valence-electron chi connectivity index (χ4n) is 1.84. The molecular formula is C12H10ClN5. The van der Waals surface area contributed by atoms with Crippen molar-refractivity contribution in [2.45, 2.75) is 13.5 Å². The Bertz CT molecular complexity index is 692. The summed E-state index contributed by atoms with van der Waals surface area (Å²) < 4.78 is 1.79. The first-order valence-corrected chi connectivity index (χ1v) is 5.86. The Hall–Kier alpha value is -2.01. The van der Waals surface area contributed by atoms with Gasteiger partial charge >= 0.3 is 0 Å². The quantitative estimate of drug-likeness (QED) is 0.708. The molecule has 3 aromatic heterocycles. The molecular weight excluding hydrogens is 250 g/mol. The summed E-state index contributed by atoms with van der Waals surface area (Å²) in [5.41, 5.74) is 3.38. The van der Waals surface area contributed by atoms with Crippen LogP contribution in [0.5, 0.6) is 0 Å². The number of fused-ring (bicyclic) bond motifs is 1. The molecule has 0 aliphatic rings. The lowest BCUT2D eigenvalue weighted by Crippen LogP contribution is -2.03. The van der Waals surface area contributed by atoms with Gasteiger partial charge in [0.05, 0.1) is 18.4 Å². The van der Waals surface area contributed by atoms with Crippen molar-refractivity contribution in [3.8, 4) is 0 Å². The zero-order valence-electron chi connectivity index (χ0n) is 9.71. The van der Waals surface area contributed by atoms with E-state index in [9.17, 15) is 0 Å². The van der Waals surface area contributed by atoms with Crippen LogP contribution in [-0.2, 0) is 6.54 Å². The Morgan fingerprint density at radius 1 is 1.33 bits per heavy atom. The van der Waals surface area contributed by atoms with Crippen LogP contribution >= 0.6 is 11.6 Å². The molecule has 3 rings (SSSR count). The first kappa shape index (κ1) is 11.1. The average Bonchev–Trinajstić information content (AvgIpc) is 2.67. The molecule has 0 amide bonds. The topological polar surface area (TPSA) is 56.5 Å². The van der Waals surface area contributed by atoms with Gasteiger partial charge in [-0.05, 0) is 18.6 Å². The molecule has 0 N–H and O–H groups in total. The normalized spacial score (nSPS) is 11.0. The van der Waals surface area contributed by atoms with Crippen molar-refractivity contribution in [3.63, 3.8) is 0 Å². The third kappa shape index (κ3) is 1.93. The van der Waals surface area contributed by atoms with Crippen molar-refractivity contribution < 1.29 is 0 Å².